The largest absolute Gasteiger partial charge is 0.314 e. The average Bonchev–Trinajstić information content (AvgIpc) is 1.96. The fourth-order valence-electron chi connectivity index (χ4n) is 1.19. The molecule has 0 aliphatic heterocycles. The fraction of sp³-hybridized carbons (Fsp3) is 1.00. The van der Waals surface area contributed by atoms with Gasteiger partial charge in [-0.05, 0) is 19.3 Å². The molecular formula is C10H24N2. The lowest BCUT2D eigenvalue weighted by Crippen LogP contribution is -2.51. The van der Waals surface area contributed by atoms with Crippen molar-refractivity contribution in [3.05, 3.63) is 0 Å². The Bertz CT molecular complexity index is 105. The van der Waals surface area contributed by atoms with E-state index >= 15 is 0 Å². The highest BCUT2D eigenvalue weighted by Gasteiger charge is 2.19. The molecule has 0 heterocycles. The zero-order valence-electron chi connectivity index (χ0n) is 8.77. The van der Waals surface area contributed by atoms with Crippen LogP contribution in [-0.4, -0.2) is 5.66 Å². The summed E-state index contributed by atoms with van der Waals surface area (Å²) in [5.41, 5.74) is 11.0. The van der Waals surface area contributed by atoms with Crippen molar-refractivity contribution in [1.82, 2.24) is 0 Å². The standard InChI is InChI=1S/C10H24N2/c1-4-5-6-7-8-9(2)10(3,11)12/h9H,4-8,11-12H2,1-3H3. The Morgan fingerprint density at radius 2 is 1.75 bits per heavy atom. The monoisotopic (exact) mass is 172 g/mol. The van der Waals surface area contributed by atoms with Gasteiger partial charge in [-0.1, -0.05) is 39.5 Å². The average molecular weight is 172 g/mol. The third-order valence-electron chi connectivity index (χ3n) is 2.55. The summed E-state index contributed by atoms with van der Waals surface area (Å²) in [4.78, 5) is 0. The van der Waals surface area contributed by atoms with Gasteiger partial charge in [0.2, 0.25) is 0 Å². The van der Waals surface area contributed by atoms with E-state index in [1.54, 1.807) is 0 Å². The van der Waals surface area contributed by atoms with Crippen LogP contribution in [0.3, 0.4) is 0 Å². The van der Waals surface area contributed by atoms with E-state index in [0.29, 0.717) is 5.92 Å². The second-order valence-corrected chi connectivity index (χ2v) is 4.12. The van der Waals surface area contributed by atoms with Crippen molar-refractivity contribution in [2.75, 3.05) is 0 Å². The Labute approximate surface area is 76.7 Å². The van der Waals surface area contributed by atoms with E-state index in [1.165, 1.54) is 25.7 Å². The Morgan fingerprint density at radius 3 is 2.17 bits per heavy atom. The van der Waals surface area contributed by atoms with Gasteiger partial charge in [0.05, 0.1) is 5.66 Å². The van der Waals surface area contributed by atoms with Crippen LogP contribution in [-0.2, 0) is 0 Å². The van der Waals surface area contributed by atoms with E-state index in [0.717, 1.165) is 6.42 Å². The van der Waals surface area contributed by atoms with Crippen molar-refractivity contribution >= 4 is 0 Å². The first-order valence-corrected chi connectivity index (χ1v) is 5.06. The van der Waals surface area contributed by atoms with Gasteiger partial charge < -0.3 is 11.5 Å². The van der Waals surface area contributed by atoms with Crippen LogP contribution in [0.15, 0.2) is 0 Å². The molecule has 0 amide bonds. The van der Waals surface area contributed by atoms with Crippen molar-refractivity contribution in [2.45, 2.75) is 58.5 Å². The summed E-state index contributed by atoms with van der Waals surface area (Å²) in [6.07, 6.45) is 6.36. The highest BCUT2D eigenvalue weighted by Crippen LogP contribution is 2.16. The summed E-state index contributed by atoms with van der Waals surface area (Å²) in [7, 11) is 0. The molecule has 0 aromatic heterocycles. The number of hydrogen-bond donors (Lipinski definition) is 2. The number of rotatable bonds is 6. The normalized spacial score (nSPS) is 14.8. The maximum Gasteiger partial charge on any atom is 0.0633 e. The van der Waals surface area contributed by atoms with Crippen LogP contribution < -0.4 is 11.5 Å². The summed E-state index contributed by atoms with van der Waals surface area (Å²) in [6.45, 7) is 6.25. The molecule has 1 atom stereocenters. The second-order valence-electron chi connectivity index (χ2n) is 4.12. The highest BCUT2D eigenvalue weighted by molar-refractivity contribution is 4.76. The zero-order valence-corrected chi connectivity index (χ0v) is 8.77. The SMILES string of the molecule is CCCCCCC(C)C(C)(N)N. The van der Waals surface area contributed by atoms with Crippen molar-refractivity contribution < 1.29 is 0 Å². The maximum atomic E-state index is 5.77. The van der Waals surface area contributed by atoms with Crippen LogP contribution in [0, 0.1) is 5.92 Å². The quantitative estimate of drug-likeness (QED) is 0.477. The van der Waals surface area contributed by atoms with E-state index in [1.807, 2.05) is 6.92 Å². The highest BCUT2D eigenvalue weighted by atomic mass is 14.9. The van der Waals surface area contributed by atoms with Crippen LogP contribution in [0.2, 0.25) is 0 Å². The Kier molecular flexibility index (Phi) is 5.51. The summed E-state index contributed by atoms with van der Waals surface area (Å²) in [6, 6.07) is 0. The first-order valence-electron chi connectivity index (χ1n) is 5.06. The predicted molar refractivity (Wildman–Crippen MR) is 54.7 cm³/mol. The third-order valence-corrected chi connectivity index (χ3v) is 2.55. The molecule has 12 heavy (non-hydrogen) atoms. The van der Waals surface area contributed by atoms with Crippen LogP contribution in [0.25, 0.3) is 0 Å². The molecule has 0 aromatic rings. The number of unbranched alkanes of at least 4 members (excludes halogenated alkanes) is 3. The van der Waals surface area contributed by atoms with Crippen molar-refractivity contribution in [2.24, 2.45) is 17.4 Å². The molecular weight excluding hydrogens is 148 g/mol. The molecule has 4 N–H and O–H groups in total. The summed E-state index contributed by atoms with van der Waals surface area (Å²) < 4.78 is 0. The molecule has 0 rings (SSSR count). The Morgan fingerprint density at radius 1 is 1.17 bits per heavy atom. The summed E-state index contributed by atoms with van der Waals surface area (Å²) in [5.74, 6) is 0.425. The lowest BCUT2D eigenvalue weighted by Gasteiger charge is -2.26. The lowest BCUT2D eigenvalue weighted by molar-refractivity contribution is 0.301. The van der Waals surface area contributed by atoms with Crippen molar-refractivity contribution in [3.8, 4) is 0 Å². The van der Waals surface area contributed by atoms with Gasteiger partial charge in [-0.25, -0.2) is 0 Å². The lowest BCUT2D eigenvalue weighted by atomic mass is 9.92. The number of nitrogens with two attached hydrogens (primary N) is 2. The molecule has 0 aliphatic rings. The van der Waals surface area contributed by atoms with Crippen LogP contribution in [0.5, 0.6) is 0 Å². The van der Waals surface area contributed by atoms with Gasteiger partial charge >= 0.3 is 0 Å². The molecule has 0 fully saturated rings. The van der Waals surface area contributed by atoms with Gasteiger partial charge in [0.25, 0.3) is 0 Å². The fourth-order valence-corrected chi connectivity index (χ4v) is 1.19. The van der Waals surface area contributed by atoms with E-state index in [2.05, 4.69) is 13.8 Å². The van der Waals surface area contributed by atoms with E-state index in [9.17, 15) is 0 Å². The summed E-state index contributed by atoms with van der Waals surface area (Å²) >= 11 is 0. The Balaban J connectivity index is 3.38. The van der Waals surface area contributed by atoms with Gasteiger partial charge in [-0.15, -0.1) is 0 Å². The molecule has 0 saturated carbocycles. The van der Waals surface area contributed by atoms with Crippen molar-refractivity contribution in [1.29, 1.82) is 0 Å². The van der Waals surface area contributed by atoms with Crippen LogP contribution in [0.1, 0.15) is 52.9 Å². The molecule has 2 nitrogen and oxygen atoms in total. The van der Waals surface area contributed by atoms with Crippen molar-refractivity contribution in [3.63, 3.8) is 0 Å². The van der Waals surface area contributed by atoms with Gasteiger partial charge in [0.15, 0.2) is 0 Å². The topological polar surface area (TPSA) is 52.0 Å². The second kappa shape index (κ2) is 5.55. The maximum absolute atomic E-state index is 5.77. The minimum atomic E-state index is -0.494. The molecule has 2 heteroatoms. The first-order chi connectivity index (χ1) is 5.48. The minimum absolute atomic E-state index is 0.425. The van der Waals surface area contributed by atoms with Gasteiger partial charge in [0, 0.05) is 0 Å². The number of hydrogen-bond acceptors (Lipinski definition) is 2. The van der Waals surface area contributed by atoms with Gasteiger partial charge in [-0.3, -0.25) is 0 Å². The van der Waals surface area contributed by atoms with E-state index in [4.69, 9.17) is 11.5 Å². The van der Waals surface area contributed by atoms with Crippen LogP contribution >= 0.6 is 0 Å². The zero-order chi connectivity index (χ0) is 9.61. The molecule has 1 unspecified atom stereocenters. The molecule has 0 spiro atoms. The smallest absolute Gasteiger partial charge is 0.0633 e. The van der Waals surface area contributed by atoms with E-state index < -0.39 is 5.66 Å². The molecule has 0 aromatic carbocycles. The Hall–Kier alpha value is -0.0800. The van der Waals surface area contributed by atoms with Crippen LogP contribution in [0.4, 0.5) is 0 Å². The molecule has 0 saturated heterocycles. The molecule has 0 radical (unpaired) electrons. The minimum Gasteiger partial charge on any atom is -0.314 e. The first kappa shape index (κ1) is 11.9. The van der Waals surface area contributed by atoms with E-state index in [-0.39, 0.29) is 0 Å². The molecule has 0 aliphatic carbocycles. The van der Waals surface area contributed by atoms with Gasteiger partial charge in [0.1, 0.15) is 0 Å². The molecule has 74 valence electrons. The predicted octanol–water partition coefficient (Wildman–Crippen LogP) is 2.23. The molecule has 0 bridgehead atoms. The van der Waals surface area contributed by atoms with Gasteiger partial charge in [-0.2, -0.15) is 0 Å². The summed E-state index contributed by atoms with van der Waals surface area (Å²) in [5, 5.41) is 0. The third kappa shape index (κ3) is 5.56.